The van der Waals surface area contributed by atoms with Gasteiger partial charge in [0.15, 0.2) is 0 Å². The summed E-state index contributed by atoms with van der Waals surface area (Å²) in [5, 5.41) is 3.86. The van der Waals surface area contributed by atoms with Crippen LogP contribution in [0.15, 0.2) is 16.7 Å². The zero-order valence-corrected chi connectivity index (χ0v) is 11.0. The molecule has 7 heteroatoms. The largest absolute Gasteiger partial charge is 0.496 e. The lowest BCUT2D eigenvalue weighted by Gasteiger charge is -2.12. The van der Waals surface area contributed by atoms with Crippen LogP contribution in [0.2, 0.25) is 0 Å². The highest BCUT2D eigenvalue weighted by Crippen LogP contribution is 2.40. The van der Waals surface area contributed by atoms with E-state index in [1.165, 1.54) is 0 Å². The average Bonchev–Trinajstić information content (AvgIpc) is 2.94. The normalized spacial score (nSPS) is 10.3. The number of nitrogens with zero attached hydrogens (tertiary/aromatic N) is 2. The van der Waals surface area contributed by atoms with E-state index in [1.54, 1.807) is 33.5 Å². The minimum Gasteiger partial charge on any atom is -0.496 e. The first-order chi connectivity index (χ1) is 9.23. The van der Waals surface area contributed by atoms with E-state index in [2.05, 4.69) is 10.1 Å². The molecular weight excluding hydrogens is 250 g/mol. The topological polar surface area (TPSA) is 92.6 Å². The number of methoxy groups -OCH3 is 3. The Kier molecular flexibility index (Phi) is 3.86. The molecule has 2 N–H and O–H groups in total. The Morgan fingerprint density at radius 3 is 2.16 bits per heavy atom. The van der Waals surface area contributed by atoms with Gasteiger partial charge in [0.05, 0.1) is 27.9 Å². The van der Waals surface area contributed by atoms with E-state index >= 15 is 0 Å². The molecule has 0 atom stereocenters. The highest BCUT2D eigenvalue weighted by Gasteiger charge is 2.20. The van der Waals surface area contributed by atoms with Crippen LogP contribution in [-0.4, -0.2) is 31.5 Å². The fourth-order valence-corrected chi connectivity index (χ4v) is 1.67. The van der Waals surface area contributed by atoms with E-state index in [0.29, 0.717) is 34.5 Å². The first kappa shape index (κ1) is 13.2. The summed E-state index contributed by atoms with van der Waals surface area (Å²) in [4.78, 5) is 4.17. The average molecular weight is 265 g/mol. The molecule has 2 aromatic rings. The minimum absolute atomic E-state index is 0.174. The number of aromatic nitrogens is 2. The summed E-state index contributed by atoms with van der Waals surface area (Å²) < 4.78 is 20.8. The predicted octanol–water partition coefficient (Wildman–Crippen LogP) is 1.22. The molecule has 0 spiro atoms. The van der Waals surface area contributed by atoms with Crippen molar-refractivity contribution in [1.82, 2.24) is 10.1 Å². The summed E-state index contributed by atoms with van der Waals surface area (Å²) in [5.41, 5.74) is 6.04. The minimum atomic E-state index is 0.174. The Morgan fingerprint density at radius 1 is 1.11 bits per heavy atom. The van der Waals surface area contributed by atoms with Crippen LogP contribution in [0.25, 0.3) is 11.4 Å². The molecule has 102 valence electrons. The molecule has 0 aliphatic rings. The predicted molar refractivity (Wildman–Crippen MR) is 67.3 cm³/mol. The number of hydrogen-bond donors (Lipinski definition) is 1. The second-order valence-corrected chi connectivity index (χ2v) is 3.62. The zero-order valence-electron chi connectivity index (χ0n) is 11.0. The van der Waals surface area contributed by atoms with Gasteiger partial charge < -0.3 is 24.5 Å². The van der Waals surface area contributed by atoms with Crippen molar-refractivity contribution in [2.75, 3.05) is 21.3 Å². The molecule has 0 bridgehead atoms. The zero-order chi connectivity index (χ0) is 13.8. The lowest BCUT2D eigenvalue weighted by Crippen LogP contribution is -1.98. The van der Waals surface area contributed by atoms with Gasteiger partial charge in [0, 0.05) is 12.1 Å². The summed E-state index contributed by atoms with van der Waals surface area (Å²) in [5.74, 6) is 2.37. The molecule has 19 heavy (non-hydrogen) atoms. The number of rotatable bonds is 5. The van der Waals surface area contributed by atoms with Crippen LogP contribution in [0.3, 0.4) is 0 Å². The Balaban J connectivity index is 2.59. The molecule has 1 aromatic heterocycles. The number of nitrogens with two attached hydrogens (primary N) is 1. The van der Waals surface area contributed by atoms with Gasteiger partial charge in [0.2, 0.25) is 11.7 Å². The third-order valence-electron chi connectivity index (χ3n) is 2.58. The molecule has 0 saturated carbocycles. The third kappa shape index (κ3) is 2.45. The SMILES string of the molecule is COc1cc(OC)c(-c2noc(CN)n2)c(OC)c1. The van der Waals surface area contributed by atoms with Crippen molar-refractivity contribution in [3.8, 4) is 28.6 Å². The van der Waals surface area contributed by atoms with E-state index < -0.39 is 0 Å². The summed E-state index contributed by atoms with van der Waals surface area (Å²) in [6, 6.07) is 3.44. The van der Waals surface area contributed by atoms with Gasteiger partial charge in [0.1, 0.15) is 22.8 Å². The molecule has 0 amide bonds. The van der Waals surface area contributed by atoms with Gasteiger partial charge in [-0.2, -0.15) is 4.98 Å². The number of hydrogen-bond acceptors (Lipinski definition) is 7. The highest BCUT2D eigenvalue weighted by atomic mass is 16.5. The van der Waals surface area contributed by atoms with Crippen LogP contribution >= 0.6 is 0 Å². The van der Waals surface area contributed by atoms with Gasteiger partial charge >= 0.3 is 0 Å². The van der Waals surface area contributed by atoms with E-state index in [9.17, 15) is 0 Å². The molecule has 0 aliphatic carbocycles. The maximum absolute atomic E-state index is 5.45. The fraction of sp³-hybridized carbons (Fsp3) is 0.333. The molecule has 0 aliphatic heterocycles. The van der Waals surface area contributed by atoms with Crippen molar-refractivity contribution in [3.63, 3.8) is 0 Å². The smallest absolute Gasteiger partial charge is 0.240 e. The van der Waals surface area contributed by atoms with Gasteiger partial charge in [0.25, 0.3) is 0 Å². The molecule has 7 nitrogen and oxygen atoms in total. The Bertz CT molecular complexity index is 543. The molecule has 0 saturated heterocycles. The van der Waals surface area contributed by atoms with Crippen LogP contribution in [0, 0.1) is 0 Å². The Morgan fingerprint density at radius 2 is 1.74 bits per heavy atom. The second kappa shape index (κ2) is 5.57. The summed E-state index contributed by atoms with van der Waals surface area (Å²) >= 11 is 0. The Labute approximate surface area is 110 Å². The molecular formula is C12H15N3O4. The summed E-state index contributed by atoms with van der Waals surface area (Å²) in [6.07, 6.45) is 0. The second-order valence-electron chi connectivity index (χ2n) is 3.62. The van der Waals surface area contributed by atoms with Crippen molar-refractivity contribution in [3.05, 3.63) is 18.0 Å². The Hall–Kier alpha value is -2.28. The lowest BCUT2D eigenvalue weighted by molar-refractivity contribution is 0.372. The van der Waals surface area contributed by atoms with Crippen LogP contribution < -0.4 is 19.9 Å². The van der Waals surface area contributed by atoms with Crippen molar-refractivity contribution in [1.29, 1.82) is 0 Å². The van der Waals surface area contributed by atoms with Crippen LogP contribution in [-0.2, 0) is 6.54 Å². The van der Waals surface area contributed by atoms with E-state index in [-0.39, 0.29) is 6.54 Å². The van der Waals surface area contributed by atoms with Crippen LogP contribution in [0.1, 0.15) is 5.89 Å². The molecule has 0 radical (unpaired) electrons. The van der Waals surface area contributed by atoms with Crippen LogP contribution in [0.5, 0.6) is 17.2 Å². The first-order valence-electron chi connectivity index (χ1n) is 5.56. The first-order valence-corrected chi connectivity index (χ1v) is 5.56. The molecule has 0 fully saturated rings. The fourth-order valence-electron chi connectivity index (χ4n) is 1.67. The molecule has 1 aromatic carbocycles. The van der Waals surface area contributed by atoms with Gasteiger partial charge in [-0.1, -0.05) is 5.16 Å². The van der Waals surface area contributed by atoms with Gasteiger partial charge in [-0.3, -0.25) is 0 Å². The maximum Gasteiger partial charge on any atom is 0.240 e. The quantitative estimate of drug-likeness (QED) is 0.868. The van der Waals surface area contributed by atoms with Gasteiger partial charge in [-0.25, -0.2) is 0 Å². The van der Waals surface area contributed by atoms with E-state index in [4.69, 9.17) is 24.5 Å². The summed E-state index contributed by atoms with van der Waals surface area (Å²) in [7, 11) is 4.65. The third-order valence-corrected chi connectivity index (χ3v) is 2.58. The lowest BCUT2D eigenvalue weighted by atomic mass is 10.1. The van der Waals surface area contributed by atoms with E-state index in [1.807, 2.05) is 0 Å². The highest BCUT2D eigenvalue weighted by molar-refractivity contribution is 5.73. The number of ether oxygens (including phenoxy) is 3. The van der Waals surface area contributed by atoms with E-state index in [0.717, 1.165) is 0 Å². The van der Waals surface area contributed by atoms with Crippen molar-refractivity contribution < 1.29 is 18.7 Å². The van der Waals surface area contributed by atoms with Crippen molar-refractivity contribution >= 4 is 0 Å². The molecule has 2 rings (SSSR count). The molecule has 0 unspecified atom stereocenters. The van der Waals surface area contributed by atoms with Crippen molar-refractivity contribution in [2.45, 2.75) is 6.54 Å². The van der Waals surface area contributed by atoms with Gasteiger partial charge in [-0.05, 0) is 0 Å². The standard InChI is InChI=1S/C12H15N3O4/c1-16-7-4-8(17-2)11(9(5-7)18-3)12-14-10(6-13)19-15-12/h4-5H,6,13H2,1-3H3. The number of benzene rings is 1. The van der Waals surface area contributed by atoms with Crippen molar-refractivity contribution in [2.24, 2.45) is 5.73 Å². The molecule has 1 heterocycles. The summed E-state index contributed by atoms with van der Waals surface area (Å²) in [6.45, 7) is 0.174. The monoisotopic (exact) mass is 265 g/mol. The van der Waals surface area contributed by atoms with Crippen LogP contribution in [0.4, 0.5) is 0 Å². The maximum atomic E-state index is 5.45. The van der Waals surface area contributed by atoms with Gasteiger partial charge in [-0.15, -0.1) is 0 Å².